The predicted octanol–water partition coefficient (Wildman–Crippen LogP) is 0.854. The van der Waals surface area contributed by atoms with Crippen LogP contribution in [0.4, 0.5) is 0 Å². The first-order chi connectivity index (χ1) is 6.74. The molecule has 2 atom stereocenters. The molecular weight excluding hydrogens is 198 g/mol. The SMILES string of the molecule is CC(CNC1CCCSC1)C(N)=NO. The Balaban J connectivity index is 2.18. The molecule has 0 aromatic carbocycles. The molecular formula is C9H19N3OS. The fraction of sp³-hybridized carbons (Fsp3) is 0.889. The Morgan fingerprint density at radius 2 is 2.57 bits per heavy atom. The van der Waals surface area contributed by atoms with E-state index in [0.29, 0.717) is 11.9 Å². The summed E-state index contributed by atoms with van der Waals surface area (Å²) in [6.07, 6.45) is 2.54. The van der Waals surface area contributed by atoms with E-state index < -0.39 is 0 Å². The van der Waals surface area contributed by atoms with Crippen LogP contribution in [0.15, 0.2) is 5.16 Å². The summed E-state index contributed by atoms with van der Waals surface area (Å²) in [7, 11) is 0. The Morgan fingerprint density at radius 1 is 1.79 bits per heavy atom. The molecule has 5 heteroatoms. The third-order valence-corrected chi connectivity index (χ3v) is 3.71. The van der Waals surface area contributed by atoms with Crippen LogP contribution in [-0.2, 0) is 0 Å². The van der Waals surface area contributed by atoms with Gasteiger partial charge in [-0.05, 0) is 18.6 Å². The third-order valence-electron chi connectivity index (χ3n) is 2.49. The minimum Gasteiger partial charge on any atom is -0.409 e. The number of thioether (sulfide) groups is 1. The van der Waals surface area contributed by atoms with Gasteiger partial charge in [0.2, 0.25) is 0 Å². The Bertz CT molecular complexity index is 192. The van der Waals surface area contributed by atoms with Gasteiger partial charge < -0.3 is 16.3 Å². The monoisotopic (exact) mass is 217 g/mol. The molecule has 1 fully saturated rings. The lowest BCUT2D eigenvalue weighted by Crippen LogP contribution is -2.39. The number of nitrogens with zero attached hydrogens (tertiary/aromatic N) is 1. The van der Waals surface area contributed by atoms with Crippen molar-refractivity contribution in [2.75, 3.05) is 18.1 Å². The Hall–Kier alpha value is -0.420. The molecule has 2 unspecified atom stereocenters. The van der Waals surface area contributed by atoms with Gasteiger partial charge in [0.25, 0.3) is 0 Å². The highest BCUT2D eigenvalue weighted by atomic mass is 32.2. The highest BCUT2D eigenvalue weighted by molar-refractivity contribution is 7.99. The molecule has 14 heavy (non-hydrogen) atoms. The molecule has 0 saturated carbocycles. The average Bonchev–Trinajstić information content (AvgIpc) is 2.26. The molecule has 1 saturated heterocycles. The first-order valence-corrected chi connectivity index (χ1v) is 6.18. The zero-order valence-electron chi connectivity index (χ0n) is 8.57. The van der Waals surface area contributed by atoms with E-state index in [2.05, 4.69) is 10.5 Å². The van der Waals surface area contributed by atoms with Crippen molar-refractivity contribution in [3.8, 4) is 0 Å². The molecule has 0 radical (unpaired) electrons. The van der Waals surface area contributed by atoms with Crippen LogP contribution in [0, 0.1) is 5.92 Å². The van der Waals surface area contributed by atoms with Gasteiger partial charge in [0.15, 0.2) is 0 Å². The molecule has 0 bridgehead atoms. The predicted molar refractivity (Wildman–Crippen MR) is 60.9 cm³/mol. The third kappa shape index (κ3) is 3.75. The lowest BCUT2D eigenvalue weighted by molar-refractivity contribution is 0.313. The first-order valence-electron chi connectivity index (χ1n) is 5.02. The van der Waals surface area contributed by atoms with Crippen molar-refractivity contribution in [3.63, 3.8) is 0 Å². The lowest BCUT2D eigenvalue weighted by atomic mass is 10.1. The van der Waals surface area contributed by atoms with Crippen LogP contribution in [0.25, 0.3) is 0 Å². The molecule has 1 aliphatic heterocycles. The minimum absolute atomic E-state index is 0.104. The van der Waals surface area contributed by atoms with Crippen LogP contribution in [0.2, 0.25) is 0 Å². The van der Waals surface area contributed by atoms with E-state index in [9.17, 15) is 0 Å². The second kappa shape index (κ2) is 6.14. The summed E-state index contributed by atoms with van der Waals surface area (Å²) in [5, 5.41) is 14.9. The molecule has 0 aliphatic carbocycles. The van der Waals surface area contributed by atoms with Crippen LogP contribution >= 0.6 is 11.8 Å². The largest absolute Gasteiger partial charge is 0.409 e. The maximum atomic E-state index is 8.47. The summed E-state index contributed by atoms with van der Waals surface area (Å²) in [4.78, 5) is 0. The summed E-state index contributed by atoms with van der Waals surface area (Å²) in [5.74, 6) is 2.88. The maximum absolute atomic E-state index is 8.47. The van der Waals surface area contributed by atoms with Gasteiger partial charge in [0.1, 0.15) is 5.84 Å². The molecule has 0 spiro atoms. The first kappa shape index (κ1) is 11.7. The lowest BCUT2D eigenvalue weighted by Gasteiger charge is -2.23. The number of hydrogen-bond donors (Lipinski definition) is 3. The van der Waals surface area contributed by atoms with E-state index in [0.717, 1.165) is 6.54 Å². The molecule has 1 aliphatic rings. The van der Waals surface area contributed by atoms with Gasteiger partial charge in [-0.1, -0.05) is 12.1 Å². The number of oxime groups is 1. The van der Waals surface area contributed by atoms with Gasteiger partial charge in [-0.2, -0.15) is 11.8 Å². The van der Waals surface area contributed by atoms with Crippen LogP contribution in [0.3, 0.4) is 0 Å². The molecule has 1 rings (SSSR count). The fourth-order valence-corrected chi connectivity index (χ4v) is 2.55. The average molecular weight is 217 g/mol. The number of nitrogens with one attached hydrogen (secondary N) is 1. The van der Waals surface area contributed by atoms with Gasteiger partial charge in [0, 0.05) is 24.3 Å². The second-order valence-electron chi connectivity index (χ2n) is 3.75. The van der Waals surface area contributed by atoms with Gasteiger partial charge >= 0.3 is 0 Å². The summed E-state index contributed by atoms with van der Waals surface area (Å²) in [6, 6.07) is 0.600. The zero-order valence-corrected chi connectivity index (χ0v) is 9.39. The number of nitrogens with two attached hydrogens (primary N) is 1. The molecule has 0 aromatic rings. The smallest absolute Gasteiger partial charge is 0.143 e. The molecule has 82 valence electrons. The van der Waals surface area contributed by atoms with Crippen molar-refractivity contribution in [3.05, 3.63) is 0 Å². The Labute approximate surface area is 89.3 Å². The standard InChI is InChI=1S/C9H19N3OS/c1-7(9(10)12-13)5-11-8-3-2-4-14-6-8/h7-8,11,13H,2-6H2,1H3,(H2,10,12). The quantitative estimate of drug-likeness (QED) is 0.283. The minimum atomic E-state index is 0.104. The van der Waals surface area contributed by atoms with Gasteiger partial charge in [-0.25, -0.2) is 0 Å². The normalized spacial score (nSPS) is 26.1. The maximum Gasteiger partial charge on any atom is 0.143 e. The van der Waals surface area contributed by atoms with Crippen LogP contribution < -0.4 is 11.1 Å². The van der Waals surface area contributed by atoms with E-state index in [4.69, 9.17) is 10.9 Å². The van der Waals surface area contributed by atoms with E-state index >= 15 is 0 Å². The number of rotatable bonds is 4. The molecule has 0 amide bonds. The summed E-state index contributed by atoms with van der Waals surface area (Å²) >= 11 is 2.00. The number of hydrogen-bond acceptors (Lipinski definition) is 4. The fourth-order valence-electron chi connectivity index (χ4n) is 1.45. The summed E-state index contributed by atoms with van der Waals surface area (Å²) in [5.41, 5.74) is 5.49. The van der Waals surface area contributed by atoms with Crippen molar-refractivity contribution in [2.24, 2.45) is 16.8 Å². The van der Waals surface area contributed by atoms with Crippen molar-refractivity contribution in [1.29, 1.82) is 0 Å². The second-order valence-corrected chi connectivity index (χ2v) is 4.90. The highest BCUT2D eigenvalue weighted by Crippen LogP contribution is 2.16. The van der Waals surface area contributed by atoms with Gasteiger partial charge in [-0.3, -0.25) is 0 Å². The van der Waals surface area contributed by atoms with E-state index in [1.54, 1.807) is 0 Å². The van der Waals surface area contributed by atoms with Crippen molar-refractivity contribution >= 4 is 17.6 Å². The topological polar surface area (TPSA) is 70.6 Å². The van der Waals surface area contributed by atoms with E-state index in [-0.39, 0.29) is 5.92 Å². The summed E-state index contributed by atoms with van der Waals surface area (Å²) in [6.45, 7) is 2.75. The summed E-state index contributed by atoms with van der Waals surface area (Å²) < 4.78 is 0. The van der Waals surface area contributed by atoms with Crippen LogP contribution in [-0.4, -0.2) is 35.1 Å². The van der Waals surface area contributed by atoms with E-state index in [1.165, 1.54) is 24.3 Å². The van der Waals surface area contributed by atoms with Crippen LogP contribution in [0.1, 0.15) is 19.8 Å². The Kier molecular flexibility index (Phi) is 5.11. The van der Waals surface area contributed by atoms with E-state index in [1.807, 2.05) is 18.7 Å². The van der Waals surface area contributed by atoms with Gasteiger partial charge in [-0.15, -0.1) is 0 Å². The molecule has 4 N–H and O–H groups in total. The molecule has 0 aromatic heterocycles. The van der Waals surface area contributed by atoms with Crippen molar-refractivity contribution < 1.29 is 5.21 Å². The number of amidine groups is 1. The van der Waals surface area contributed by atoms with Gasteiger partial charge in [0.05, 0.1) is 0 Å². The molecule has 4 nitrogen and oxygen atoms in total. The van der Waals surface area contributed by atoms with Crippen molar-refractivity contribution in [2.45, 2.75) is 25.8 Å². The van der Waals surface area contributed by atoms with Crippen LogP contribution in [0.5, 0.6) is 0 Å². The Morgan fingerprint density at radius 3 is 3.14 bits per heavy atom. The molecule has 1 heterocycles. The highest BCUT2D eigenvalue weighted by Gasteiger charge is 2.15. The zero-order chi connectivity index (χ0) is 10.4. The van der Waals surface area contributed by atoms with Crippen molar-refractivity contribution in [1.82, 2.24) is 5.32 Å².